The summed E-state index contributed by atoms with van der Waals surface area (Å²) in [5.41, 5.74) is -0.516. The normalized spacial score (nSPS) is 12.6. The maximum absolute atomic E-state index is 11.3. The van der Waals surface area contributed by atoms with E-state index in [1.54, 1.807) is 27.7 Å². The number of carbonyl (C=O) groups excluding carboxylic acids is 2. The second-order valence-corrected chi connectivity index (χ2v) is 4.51. The molecule has 0 aromatic heterocycles. The fourth-order valence-corrected chi connectivity index (χ4v) is 0.894. The second-order valence-electron chi connectivity index (χ2n) is 4.51. The van der Waals surface area contributed by atoms with E-state index in [1.165, 1.54) is 7.05 Å². The zero-order chi connectivity index (χ0) is 12.8. The minimum absolute atomic E-state index is 0.188. The van der Waals surface area contributed by atoms with E-state index < -0.39 is 11.7 Å². The van der Waals surface area contributed by atoms with Gasteiger partial charge in [0.1, 0.15) is 5.60 Å². The van der Waals surface area contributed by atoms with Crippen LogP contribution in [0.5, 0.6) is 0 Å². The van der Waals surface area contributed by atoms with Crippen molar-refractivity contribution in [1.29, 1.82) is 0 Å². The van der Waals surface area contributed by atoms with Gasteiger partial charge in [-0.2, -0.15) is 0 Å². The Morgan fingerprint density at radius 2 is 1.88 bits per heavy atom. The van der Waals surface area contributed by atoms with Crippen molar-refractivity contribution in [1.82, 2.24) is 16.0 Å². The summed E-state index contributed by atoms with van der Waals surface area (Å²) < 4.78 is 5.06. The zero-order valence-electron chi connectivity index (χ0n) is 10.5. The van der Waals surface area contributed by atoms with E-state index in [9.17, 15) is 9.59 Å². The van der Waals surface area contributed by atoms with Crippen LogP contribution in [0.4, 0.5) is 9.59 Å². The van der Waals surface area contributed by atoms with Gasteiger partial charge in [-0.15, -0.1) is 0 Å². The summed E-state index contributed by atoms with van der Waals surface area (Å²) in [6.07, 6.45) is -0.487. The molecule has 0 fully saturated rings. The molecule has 0 unspecified atom stereocenters. The standard InChI is InChI=1S/C10H21N3O3/c1-7(6-12-8(14)11-5)13-9(15)16-10(2,3)4/h7H,6H2,1-5H3,(H,13,15)(H2,11,12,14)/t7-/m0/s1. The minimum atomic E-state index is -0.516. The molecule has 3 amide bonds. The van der Waals surface area contributed by atoms with E-state index in [4.69, 9.17) is 4.74 Å². The molecule has 1 atom stereocenters. The van der Waals surface area contributed by atoms with Crippen molar-refractivity contribution >= 4 is 12.1 Å². The molecule has 0 bridgehead atoms. The Morgan fingerprint density at radius 3 is 2.31 bits per heavy atom. The SMILES string of the molecule is CNC(=O)NC[C@H](C)NC(=O)OC(C)(C)C. The van der Waals surface area contributed by atoms with Gasteiger partial charge in [-0.05, 0) is 27.7 Å². The highest BCUT2D eigenvalue weighted by Crippen LogP contribution is 2.06. The Bertz CT molecular complexity index is 248. The lowest BCUT2D eigenvalue weighted by Gasteiger charge is -2.22. The van der Waals surface area contributed by atoms with Gasteiger partial charge in [-0.3, -0.25) is 0 Å². The van der Waals surface area contributed by atoms with Gasteiger partial charge in [0.25, 0.3) is 0 Å². The van der Waals surface area contributed by atoms with Crippen LogP contribution in [0.25, 0.3) is 0 Å². The number of hydrogen-bond donors (Lipinski definition) is 3. The van der Waals surface area contributed by atoms with Gasteiger partial charge in [0.05, 0.1) is 0 Å². The summed E-state index contributed by atoms with van der Waals surface area (Å²) in [5.74, 6) is 0. The molecule has 16 heavy (non-hydrogen) atoms. The monoisotopic (exact) mass is 231 g/mol. The lowest BCUT2D eigenvalue weighted by atomic mass is 10.2. The molecule has 0 saturated heterocycles. The van der Waals surface area contributed by atoms with Crippen LogP contribution < -0.4 is 16.0 Å². The average molecular weight is 231 g/mol. The molecule has 0 aromatic rings. The molecule has 3 N–H and O–H groups in total. The number of ether oxygens (including phenoxy) is 1. The number of amides is 3. The van der Waals surface area contributed by atoms with Gasteiger partial charge < -0.3 is 20.7 Å². The molecule has 0 spiro atoms. The fourth-order valence-electron chi connectivity index (χ4n) is 0.894. The lowest BCUT2D eigenvalue weighted by Crippen LogP contribution is -2.45. The summed E-state index contributed by atoms with van der Waals surface area (Å²) in [7, 11) is 1.53. The van der Waals surface area contributed by atoms with E-state index in [0.717, 1.165) is 0 Å². The first-order chi connectivity index (χ1) is 7.24. The van der Waals surface area contributed by atoms with Gasteiger partial charge in [0.15, 0.2) is 0 Å². The fraction of sp³-hybridized carbons (Fsp3) is 0.800. The molecule has 94 valence electrons. The highest BCUT2D eigenvalue weighted by molar-refractivity contribution is 5.73. The predicted octanol–water partition coefficient (Wildman–Crippen LogP) is 0.829. The second kappa shape index (κ2) is 6.19. The molecule has 0 aromatic carbocycles. The first-order valence-electron chi connectivity index (χ1n) is 5.19. The van der Waals surface area contributed by atoms with E-state index in [1.807, 2.05) is 0 Å². The number of carbonyl (C=O) groups is 2. The molecule has 0 aliphatic carbocycles. The Labute approximate surface area is 96.1 Å². The summed E-state index contributed by atoms with van der Waals surface area (Å²) >= 11 is 0. The molecule has 0 aliphatic rings. The number of urea groups is 1. The third kappa shape index (κ3) is 7.90. The van der Waals surface area contributed by atoms with Crippen LogP contribution in [0.1, 0.15) is 27.7 Å². The summed E-state index contributed by atoms with van der Waals surface area (Å²) in [5, 5.41) is 7.61. The Hall–Kier alpha value is -1.46. The van der Waals surface area contributed by atoms with Crippen molar-refractivity contribution in [2.45, 2.75) is 39.3 Å². The van der Waals surface area contributed by atoms with Crippen LogP contribution >= 0.6 is 0 Å². The van der Waals surface area contributed by atoms with Gasteiger partial charge >= 0.3 is 12.1 Å². The summed E-state index contributed by atoms with van der Waals surface area (Å²) in [4.78, 5) is 22.2. The van der Waals surface area contributed by atoms with Gasteiger partial charge in [-0.25, -0.2) is 9.59 Å². The average Bonchev–Trinajstić information content (AvgIpc) is 2.10. The molecular formula is C10H21N3O3. The van der Waals surface area contributed by atoms with Crippen molar-refractivity contribution in [3.8, 4) is 0 Å². The molecule has 0 saturated carbocycles. The molecular weight excluding hydrogens is 210 g/mol. The van der Waals surface area contributed by atoms with Crippen molar-refractivity contribution in [2.75, 3.05) is 13.6 Å². The molecule has 6 heteroatoms. The van der Waals surface area contributed by atoms with E-state index >= 15 is 0 Å². The van der Waals surface area contributed by atoms with Gasteiger partial charge in [-0.1, -0.05) is 0 Å². The molecule has 0 radical (unpaired) electrons. The quantitative estimate of drug-likeness (QED) is 0.673. The topological polar surface area (TPSA) is 79.5 Å². The van der Waals surface area contributed by atoms with Crippen LogP contribution in [0.3, 0.4) is 0 Å². The molecule has 0 heterocycles. The smallest absolute Gasteiger partial charge is 0.407 e. The van der Waals surface area contributed by atoms with E-state index in [0.29, 0.717) is 6.54 Å². The summed E-state index contributed by atoms with van der Waals surface area (Å²) in [6.45, 7) is 7.50. The highest BCUT2D eigenvalue weighted by Gasteiger charge is 2.17. The first-order valence-corrected chi connectivity index (χ1v) is 5.19. The maximum Gasteiger partial charge on any atom is 0.407 e. The number of nitrogens with one attached hydrogen (secondary N) is 3. The van der Waals surface area contributed by atoms with Gasteiger partial charge in [0, 0.05) is 19.6 Å². The van der Waals surface area contributed by atoms with Crippen molar-refractivity contribution in [3.63, 3.8) is 0 Å². The number of alkyl carbamates (subject to hydrolysis) is 1. The van der Waals surface area contributed by atoms with Crippen molar-refractivity contribution < 1.29 is 14.3 Å². The number of hydrogen-bond acceptors (Lipinski definition) is 3. The summed E-state index contributed by atoms with van der Waals surface area (Å²) in [6, 6.07) is -0.468. The Balaban J connectivity index is 3.83. The highest BCUT2D eigenvalue weighted by atomic mass is 16.6. The number of rotatable bonds is 3. The van der Waals surface area contributed by atoms with Crippen molar-refractivity contribution in [3.05, 3.63) is 0 Å². The predicted molar refractivity (Wildman–Crippen MR) is 61.3 cm³/mol. The van der Waals surface area contributed by atoms with Gasteiger partial charge in [0.2, 0.25) is 0 Å². The van der Waals surface area contributed by atoms with Crippen molar-refractivity contribution in [2.24, 2.45) is 0 Å². The molecule has 0 rings (SSSR count). The molecule has 0 aliphatic heterocycles. The van der Waals surface area contributed by atoms with Crippen LogP contribution in [-0.2, 0) is 4.74 Å². The molecule has 6 nitrogen and oxygen atoms in total. The third-order valence-corrected chi connectivity index (χ3v) is 1.56. The van der Waals surface area contributed by atoms with Crippen LogP contribution in [0, 0.1) is 0 Å². The largest absolute Gasteiger partial charge is 0.444 e. The lowest BCUT2D eigenvalue weighted by molar-refractivity contribution is 0.0508. The Kier molecular flexibility index (Phi) is 5.63. The van der Waals surface area contributed by atoms with E-state index in [-0.39, 0.29) is 12.1 Å². The van der Waals surface area contributed by atoms with Crippen LogP contribution in [0.2, 0.25) is 0 Å². The van der Waals surface area contributed by atoms with Crippen LogP contribution in [-0.4, -0.2) is 37.4 Å². The van der Waals surface area contributed by atoms with E-state index in [2.05, 4.69) is 16.0 Å². The third-order valence-electron chi connectivity index (χ3n) is 1.56. The minimum Gasteiger partial charge on any atom is -0.444 e. The first kappa shape index (κ1) is 14.5. The Morgan fingerprint density at radius 1 is 1.31 bits per heavy atom. The van der Waals surface area contributed by atoms with Crippen LogP contribution in [0.15, 0.2) is 0 Å². The zero-order valence-corrected chi connectivity index (χ0v) is 10.5. The maximum atomic E-state index is 11.3.